The lowest BCUT2D eigenvalue weighted by Gasteiger charge is -2.15. The molecule has 0 bridgehead atoms. The topological polar surface area (TPSA) is 41.1 Å². The van der Waals surface area contributed by atoms with Crippen LogP contribution in [0, 0.1) is 6.92 Å². The highest BCUT2D eigenvalue weighted by molar-refractivity contribution is 5.78. The first kappa shape index (κ1) is 13.5. The average molecular weight is 232 g/mol. The third kappa shape index (κ3) is 4.83. The Kier molecular flexibility index (Phi) is 5.43. The van der Waals surface area contributed by atoms with Gasteiger partial charge in [0.05, 0.1) is 12.6 Å². The first-order valence-corrected chi connectivity index (χ1v) is 5.81. The van der Waals surface area contributed by atoms with Crippen LogP contribution < -0.4 is 10.6 Å². The third-order valence-electron chi connectivity index (χ3n) is 2.49. The molecule has 0 saturated carbocycles. The van der Waals surface area contributed by atoms with Gasteiger partial charge in [-0.3, -0.25) is 4.79 Å². The van der Waals surface area contributed by atoms with E-state index in [1.165, 1.54) is 5.56 Å². The SMILES string of the molecule is C=CCNCC(=O)N[C@@H](C)c1cccc(C)c1. The Labute approximate surface area is 103 Å². The quantitative estimate of drug-likeness (QED) is 0.581. The van der Waals surface area contributed by atoms with Crippen LogP contribution in [-0.2, 0) is 4.79 Å². The number of nitrogens with one attached hydrogen (secondary N) is 2. The molecule has 17 heavy (non-hydrogen) atoms. The number of carbonyl (C=O) groups excluding carboxylic acids is 1. The number of hydrogen-bond acceptors (Lipinski definition) is 2. The molecule has 0 aliphatic rings. The van der Waals surface area contributed by atoms with Gasteiger partial charge in [0.25, 0.3) is 0 Å². The van der Waals surface area contributed by atoms with Crippen molar-refractivity contribution in [1.82, 2.24) is 10.6 Å². The summed E-state index contributed by atoms with van der Waals surface area (Å²) in [6.07, 6.45) is 1.73. The second-order valence-electron chi connectivity index (χ2n) is 4.12. The maximum Gasteiger partial charge on any atom is 0.234 e. The summed E-state index contributed by atoms with van der Waals surface area (Å²) >= 11 is 0. The highest BCUT2D eigenvalue weighted by atomic mass is 16.1. The van der Waals surface area contributed by atoms with Crippen LogP contribution in [0.3, 0.4) is 0 Å². The molecule has 2 N–H and O–H groups in total. The normalized spacial score (nSPS) is 11.9. The lowest BCUT2D eigenvalue weighted by atomic mass is 10.1. The summed E-state index contributed by atoms with van der Waals surface area (Å²) in [6.45, 7) is 8.58. The Balaban J connectivity index is 2.45. The summed E-state index contributed by atoms with van der Waals surface area (Å²) in [7, 11) is 0. The largest absolute Gasteiger partial charge is 0.348 e. The zero-order valence-electron chi connectivity index (χ0n) is 10.5. The maximum atomic E-state index is 11.6. The Bertz CT molecular complexity index is 388. The minimum atomic E-state index is 0.000793. The van der Waals surface area contributed by atoms with Gasteiger partial charge in [-0.25, -0.2) is 0 Å². The van der Waals surface area contributed by atoms with Crippen LogP contribution in [0.15, 0.2) is 36.9 Å². The minimum Gasteiger partial charge on any atom is -0.348 e. The van der Waals surface area contributed by atoms with Crippen molar-refractivity contribution >= 4 is 5.91 Å². The molecule has 0 saturated heterocycles. The lowest BCUT2D eigenvalue weighted by molar-refractivity contribution is -0.120. The van der Waals surface area contributed by atoms with Gasteiger partial charge in [-0.2, -0.15) is 0 Å². The molecule has 0 aliphatic heterocycles. The van der Waals surface area contributed by atoms with E-state index in [1.54, 1.807) is 6.08 Å². The van der Waals surface area contributed by atoms with Gasteiger partial charge >= 0.3 is 0 Å². The van der Waals surface area contributed by atoms with Gasteiger partial charge in [0, 0.05) is 6.54 Å². The number of carbonyl (C=O) groups is 1. The number of benzene rings is 1. The smallest absolute Gasteiger partial charge is 0.234 e. The fourth-order valence-corrected chi connectivity index (χ4v) is 1.60. The Hall–Kier alpha value is -1.61. The molecule has 1 aromatic rings. The highest BCUT2D eigenvalue weighted by Crippen LogP contribution is 2.13. The Morgan fingerprint density at radius 1 is 1.53 bits per heavy atom. The summed E-state index contributed by atoms with van der Waals surface area (Å²) in [5, 5.41) is 5.92. The predicted molar refractivity (Wildman–Crippen MR) is 70.8 cm³/mol. The molecule has 0 heterocycles. The van der Waals surface area contributed by atoms with E-state index >= 15 is 0 Å². The van der Waals surface area contributed by atoms with Crippen molar-refractivity contribution < 1.29 is 4.79 Å². The van der Waals surface area contributed by atoms with Crippen molar-refractivity contribution in [2.75, 3.05) is 13.1 Å². The average Bonchev–Trinajstić information content (AvgIpc) is 2.29. The van der Waals surface area contributed by atoms with E-state index in [2.05, 4.69) is 23.3 Å². The lowest BCUT2D eigenvalue weighted by Crippen LogP contribution is -2.35. The molecule has 3 nitrogen and oxygen atoms in total. The predicted octanol–water partition coefficient (Wildman–Crippen LogP) is 1.95. The molecule has 0 aromatic heterocycles. The fourth-order valence-electron chi connectivity index (χ4n) is 1.60. The molecule has 3 heteroatoms. The number of hydrogen-bond donors (Lipinski definition) is 2. The zero-order chi connectivity index (χ0) is 12.7. The number of rotatable bonds is 6. The molecule has 0 unspecified atom stereocenters. The van der Waals surface area contributed by atoms with Crippen molar-refractivity contribution in [3.05, 3.63) is 48.0 Å². The van der Waals surface area contributed by atoms with Gasteiger partial charge in [0.15, 0.2) is 0 Å². The maximum absolute atomic E-state index is 11.6. The third-order valence-corrected chi connectivity index (χ3v) is 2.49. The molecule has 0 fully saturated rings. The molecular formula is C14H20N2O. The van der Waals surface area contributed by atoms with Crippen LogP contribution in [0.25, 0.3) is 0 Å². The van der Waals surface area contributed by atoms with Gasteiger partial charge < -0.3 is 10.6 Å². The highest BCUT2D eigenvalue weighted by Gasteiger charge is 2.08. The van der Waals surface area contributed by atoms with E-state index in [1.807, 2.05) is 32.0 Å². The van der Waals surface area contributed by atoms with E-state index in [0.29, 0.717) is 13.1 Å². The Morgan fingerprint density at radius 2 is 2.29 bits per heavy atom. The summed E-state index contributed by atoms with van der Waals surface area (Å²) in [6, 6.07) is 8.19. The molecule has 1 amide bonds. The standard InChI is InChI=1S/C14H20N2O/c1-4-8-15-10-14(17)16-12(3)13-7-5-6-11(2)9-13/h4-7,9,12,15H,1,8,10H2,2-3H3,(H,16,17)/t12-/m0/s1. The van der Waals surface area contributed by atoms with Gasteiger partial charge in [0.2, 0.25) is 5.91 Å². The van der Waals surface area contributed by atoms with Crippen molar-refractivity contribution in [1.29, 1.82) is 0 Å². The van der Waals surface area contributed by atoms with Crippen molar-refractivity contribution in [3.8, 4) is 0 Å². The summed E-state index contributed by atoms with van der Waals surface area (Å²) in [5.74, 6) is 0.000793. The monoisotopic (exact) mass is 232 g/mol. The van der Waals surface area contributed by atoms with Crippen molar-refractivity contribution in [2.24, 2.45) is 0 Å². The summed E-state index contributed by atoms with van der Waals surface area (Å²) in [4.78, 5) is 11.6. The van der Waals surface area contributed by atoms with E-state index in [0.717, 1.165) is 5.56 Å². The second kappa shape index (κ2) is 6.86. The second-order valence-corrected chi connectivity index (χ2v) is 4.12. The van der Waals surface area contributed by atoms with Crippen molar-refractivity contribution in [3.63, 3.8) is 0 Å². The van der Waals surface area contributed by atoms with E-state index in [9.17, 15) is 4.79 Å². The molecule has 1 aromatic carbocycles. The summed E-state index contributed by atoms with van der Waals surface area (Å²) < 4.78 is 0. The van der Waals surface area contributed by atoms with E-state index in [4.69, 9.17) is 0 Å². The first-order chi connectivity index (χ1) is 8.13. The molecular weight excluding hydrogens is 212 g/mol. The van der Waals surface area contributed by atoms with Crippen LogP contribution >= 0.6 is 0 Å². The van der Waals surface area contributed by atoms with Crippen LogP contribution in [0.4, 0.5) is 0 Å². The number of amides is 1. The first-order valence-electron chi connectivity index (χ1n) is 5.81. The van der Waals surface area contributed by atoms with E-state index < -0.39 is 0 Å². The molecule has 1 atom stereocenters. The van der Waals surface area contributed by atoms with E-state index in [-0.39, 0.29) is 11.9 Å². The number of aryl methyl sites for hydroxylation is 1. The van der Waals surface area contributed by atoms with Crippen LogP contribution in [0.2, 0.25) is 0 Å². The minimum absolute atomic E-state index is 0.000793. The molecule has 92 valence electrons. The van der Waals surface area contributed by atoms with Gasteiger partial charge in [-0.1, -0.05) is 35.9 Å². The van der Waals surface area contributed by atoms with Gasteiger partial charge in [0.1, 0.15) is 0 Å². The Morgan fingerprint density at radius 3 is 2.94 bits per heavy atom. The molecule has 1 rings (SSSR count). The fraction of sp³-hybridized carbons (Fsp3) is 0.357. The van der Waals surface area contributed by atoms with Gasteiger partial charge in [-0.05, 0) is 19.4 Å². The molecule has 0 aliphatic carbocycles. The zero-order valence-corrected chi connectivity index (χ0v) is 10.5. The van der Waals surface area contributed by atoms with Crippen molar-refractivity contribution in [2.45, 2.75) is 19.9 Å². The molecule has 0 spiro atoms. The summed E-state index contributed by atoms with van der Waals surface area (Å²) in [5.41, 5.74) is 2.33. The molecule has 0 radical (unpaired) electrons. The van der Waals surface area contributed by atoms with Crippen LogP contribution in [0.5, 0.6) is 0 Å². The van der Waals surface area contributed by atoms with Gasteiger partial charge in [-0.15, -0.1) is 6.58 Å². The van der Waals surface area contributed by atoms with Crippen LogP contribution in [0.1, 0.15) is 24.1 Å². The van der Waals surface area contributed by atoms with Crippen LogP contribution in [-0.4, -0.2) is 19.0 Å².